The van der Waals surface area contributed by atoms with Crippen molar-refractivity contribution in [2.45, 2.75) is 31.8 Å². The van der Waals surface area contributed by atoms with Crippen LogP contribution in [0.4, 0.5) is 11.5 Å². The third kappa shape index (κ3) is 1.71. The van der Waals surface area contributed by atoms with Gasteiger partial charge in [0.1, 0.15) is 11.2 Å². The largest absolute Gasteiger partial charge is 0.378 e. The third-order valence-corrected chi connectivity index (χ3v) is 4.26. The second-order valence-corrected chi connectivity index (χ2v) is 5.85. The molecule has 3 rings (SSSR count). The summed E-state index contributed by atoms with van der Waals surface area (Å²) in [5, 5.41) is 0.183. The first kappa shape index (κ1) is 13.6. The fourth-order valence-corrected chi connectivity index (χ4v) is 3.07. The molecule has 0 radical (unpaired) electrons. The number of amides is 1. The predicted octanol–water partition coefficient (Wildman–Crippen LogP) is 1.48. The number of halogens is 1. The van der Waals surface area contributed by atoms with Crippen LogP contribution in [0.2, 0.25) is 5.28 Å². The molecule has 108 valence electrons. The first-order valence-electron chi connectivity index (χ1n) is 6.65. The number of aromatic nitrogens is 2. The lowest BCUT2D eigenvalue weighted by atomic mass is 9.91. The molecule has 2 aliphatic heterocycles. The molecule has 0 aliphatic carbocycles. The second kappa shape index (κ2) is 4.56. The maximum Gasteiger partial charge on any atom is 0.255 e. The van der Waals surface area contributed by atoms with Crippen molar-refractivity contribution in [2.24, 2.45) is 0 Å². The lowest BCUT2D eigenvalue weighted by Crippen LogP contribution is -2.64. The van der Waals surface area contributed by atoms with Gasteiger partial charge in [-0.2, -0.15) is 4.98 Å². The third-order valence-electron chi connectivity index (χ3n) is 4.07. The Labute approximate surface area is 122 Å². The molecule has 2 aliphatic rings. The van der Waals surface area contributed by atoms with Gasteiger partial charge in [0.25, 0.3) is 5.91 Å². The van der Waals surface area contributed by atoms with E-state index in [1.54, 1.807) is 11.1 Å². The minimum atomic E-state index is -0.672. The van der Waals surface area contributed by atoms with Crippen LogP contribution >= 0.6 is 11.6 Å². The first-order valence-corrected chi connectivity index (χ1v) is 7.03. The first-order chi connectivity index (χ1) is 9.47. The summed E-state index contributed by atoms with van der Waals surface area (Å²) in [6.07, 6.45) is 2.27. The van der Waals surface area contributed by atoms with Crippen LogP contribution in [0.15, 0.2) is 6.20 Å². The highest BCUT2D eigenvalue weighted by molar-refractivity contribution is 6.28. The number of hydrogen-bond acceptors (Lipinski definition) is 5. The molecule has 1 fully saturated rings. The topological polar surface area (TPSA) is 58.6 Å². The van der Waals surface area contributed by atoms with E-state index < -0.39 is 5.54 Å². The average molecular weight is 297 g/mol. The number of anilines is 2. The molecule has 1 unspecified atom stereocenters. The van der Waals surface area contributed by atoms with Crippen LogP contribution in [-0.4, -0.2) is 47.7 Å². The van der Waals surface area contributed by atoms with Crippen molar-refractivity contribution >= 4 is 29.0 Å². The Bertz CT molecular complexity index is 557. The van der Waals surface area contributed by atoms with Gasteiger partial charge in [0, 0.05) is 26.1 Å². The van der Waals surface area contributed by atoms with Crippen molar-refractivity contribution in [3.63, 3.8) is 0 Å². The monoisotopic (exact) mass is 296 g/mol. The number of likely N-dealkylation sites (N-methyl/N-ethyl adjacent to an activating group) is 1. The SMILES string of the molecule is CC(C)N1C(=O)C2(CCOC2)N(C)c2nc(Cl)ncc21. The van der Waals surface area contributed by atoms with Crippen LogP contribution in [-0.2, 0) is 9.53 Å². The van der Waals surface area contributed by atoms with Gasteiger partial charge in [0.15, 0.2) is 5.82 Å². The Morgan fingerprint density at radius 3 is 2.85 bits per heavy atom. The van der Waals surface area contributed by atoms with Crippen molar-refractivity contribution < 1.29 is 9.53 Å². The molecule has 0 N–H and O–H groups in total. The summed E-state index contributed by atoms with van der Waals surface area (Å²) in [4.78, 5) is 24.9. The Hall–Kier alpha value is -1.40. The van der Waals surface area contributed by atoms with E-state index in [1.165, 1.54) is 0 Å². The van der Waals surface area contributed by atoms with E-state index in [0.29, 0.717) is 31.1 Å². The molecule has 1 spiro atoms. The number of carbonyl (C=O) groups is 1. The van der Waals surface area contributed by atoms with Crippen LogP contribution in [0.5, 0.6) is 0 Å². The van der Waals surface area contributed by atoms with Gasteiger partial charge in [0.2, 0.25) is 5.28 Å². The highest BCUT2D eigenvalue weighted by atomic mass is 35.5. The highest BCUT2D eigenvalue weighted by Gasteiger charge is 2.53. The van der Waals surface area contributed by atoms with E-state index in [-0.39, 0.29) is 17.2 Å². The number of hydrogen-bond donors (Lipinski definition) is 0. The molecule has 1 saturated heterocycles. The Balaban J connectivity index is 2.20. The van der Waals surface area contributed by atoms with E-state index in [1.807, 2.05) is 25.8 Å². The van der Waals surface area contributed by atoms with Gasteiger partial charge in [-0.05, 0) is 25.4 Å². The molecule has 20 heavy (non-hydrogen) atoms. The Morgan fingerprint density at radius 2 is 2.25 bits per heavy atom. The lowest BCUT2D eigenvalue weighted by molar-refractivity contribution is -0.124. The van der Waals surface area contributed by atoms with E-state index >= 15 is 0 Å². The van der Waals surface area contributed by atoms with Gasteiger partial charge in [-0.1, -0.05) is 0 Å². The quantitative estimate of drug-likeness (QED) is 0.735. The standard InChI is InChI=1S/C13H17ClN4O2/c1-8(2)18-9-6-15-12(14)16-10(9)17(3)13(11(18)19)4-5-20-7-13/h6,8H,4-5,7H2,1-3H3. The number of rotatable bonds is 1. The molecular formula is C13H17ClN4O2. The van der Waals surface area contributed by atoms with Gasteiger partial charge in [-0.3, -0.25) is 4.79 Å². The molecule has 1 atom stereocenters. The van der Waals surface area contributed by atoms with Crippen LogP contribution in [0.25, 0.3) is 0 Å². The number of nitrogens with zero attached hydrogens (tertiary/aromatic N) is 4. The summed E-state index contributed by atoms with van der Waals surface area (Å²) in [6.45, 7) is 4.92. The van der Waals surface area contributed by atoms with E-state index in [4.69, 9.17) is 16.3 Å². The summed E-state index contributed by atoms with van der Waals surface area (Å²) in [7, 11) is 1.87. The number of carbonyl (C=O) groups excluding carboxylic acids is 1. The number of ether oxygens (including phenoxy) is 1. The molecule has 3 heterocycles. The Morgan fingerprint density at radius 1 is 1.50 bits per heavy atom. The van der Waals surface area contributed by atoms with Crippen molar-refractivity contribution in [3.05, 3.63) is 11.5 Å². The van der Waals surface area contributed by atoms with E-state index in [9.17, 15) is 4.79 Å². The van der Waals surface area contributed by atoms with Crippen molar-refractivity contribution in [2.75, 3.05) is 30.1 Å². The predicted molar refractivity (Wildman–Crippen MR) is 76.2 cm³/mol. The van der Waals surface area contributed by atoms with Crippen molar-refractivity contribution in [1.82, 2.24) is 9.97 Å². The van der Waals surface area contributed by atoms with E-state index in [2.05, 4.69) is 9.97 Å². The zero-order chi connectivity index (χ0) is 14.5. The summed E-state index contributed by atoms with van der Waals surface area (Å²) in [5.74, 6) is 0.731. The minimum Gasteiger partial charge on any atom is -0.378 e. The normalized spacial score (nSPS) is 25.8. The number of fused-ring (bicyclic) bond motifs is 1. The molecular weight excluding hydrogens is 280 g/mol. The maximum absolute atomic E-state index is 13.0. The molecule has 0 bridgehead atoms. The van der Waals surface area contributed by atoms with Gasteiger partial charge in [0.05, 0.1) is 12.8 Å². The smallest absolute Gasteiger partial charge is 0.255 e. The molecule has 1 aromatic rings. The summed E-state index contributed by atoms with van der Waals surface area (Å²) < 4.78 is 5.49. The molecule has 1 amide bonds. The minimum absolute atomic E-state index is 0.0252. The summed E-state index contributed by atoms with van der Waals surface area (Å²) in [5.41, 5.74) is 0.0315. The van der Waals surface area contributed by atoms with Crippen molar-refractivity contribution in [1.29, 1.82) is 0 Å². The fraction of sp³-hybridized carbons (Fsp3) is 0.615. The fourth-order valence-electron chi connectivity index (χ4n) is 2.94. The molecule has 6 nitrogen and oxygen atoms in total. The van der Waals surface area contributed by atoms with Crippen LogP contribution in [0, 0.1) is 0 Å². The van der Waals surface area contributed by atoms with Gasteiger partial charge in [-0.15, -0.1) is 0 Å². The Kier molecular flexibility index (Phi) is 3.10. The van der Waals surface area contributed by atoms with Gasteiger partial charge >= 0.3 is 0 Å². The van der Waals surface area contributed by atoms with Crippen LogP contribution in [0.1, 0.15) is 20.3 Å². The zero-order valence-corrected chi connectivity index (χ0v) is 12.5. The zero-order valence-electron chi connectivity index (χ0n) is 11.8. The lowest BCUT2D eigenvalue weighted by Gasteiger charge is -2.47. The van der Waals surface area contributed by atoms with E-state index in [0.717, 1.165) is 0 Å². The van der Waals surface area contributed by atoms with Gasteiger partial charge in [-0.25, -0.2) is 4.98 Å². The maximum atomic E-state index is 13.0. The highest BCUT2D eigenvalue weighted by Crippen LogP contribution is 2.42. The molecule has 0 aromatic carbocycles. The molecule has 0 saturated carbocycles. The van der Waals surface area contributed by atoms with Gasteiger partial charge < -0.3 is 14.5 Å². The molecule has 1 aromatic heterocycles. The van der Waals surface area contributed by atoms with Crippen molar-refractivity contribution in [3.8, 4) is 0 Å². The summed E-state index contributed by atoms with van der Waals surface area (Å²) >= 11 is 5.92. The van der Waals surface area contributed by atoms with Crippen LogP contribution < -0.4 is 9.80 Å². The second-order valence-electron chi connectivity index (χ2n) is 5.51. The molecule has 7 heteroatoms. The summed E-state index contributed by atoms with van der Waals surface area (Å²) in [6, 6.07) is 0.0252. The average Bonchev–Trinajstić information content (AvgIpc) is 2.88. The van der Waals surface area contributed by atoms with Crippen LogP contribution in [0.3, 0.4) is 0 Å².